The number of rotatable bonds is 4. The molecule has 1 heterocycles. The van der Waals surface area contributed by atoms with E-state index in [1.54, 1.807) is 6.92 Å². The highest BCUT2D eigenvalue weighted by Gasteiger charge is 2.15. The number of urea groups is 1. The molecule has 0 radical (unpaired) electrons. The van der Waals surface area contributed by atoms with Crippen LogP contribution in [0.3, 0.4) is 0 Å². The molecule has 108 valence electrons. The lowest BCUT2D eigenvalue weighted by Gasteiger charge is -2.06. The molecule has 0 spiro atoms. The number of hydrogen-bond donors (Lipinski definition) is 3. The lowest BCUT2D eigenvalue weighted by Crippen LogP contribution is -2.39. The standard InChI is InChI=1S/C12H15N3O5/c1-6-4-13-9(20-6)5-14-12(19)15-10(16)7(2)8(3)11(17)18/h4H,5H2,1-3H3,(H,17,18)(H2,14,15,16,19)/b8-7+. The first-order chi connectivity index (χ1) is 9.31. The van der Waals surface area contributed by atoms with Crippen molar-refractivity contribution < 1.29 is 23.9 Å². The van der Waals surface area contributed by atoms with Crippen molar-refractivity contribution in [2.75, 3.05) is 0 Å². The van der Waals surface area contributed by atoms with Gasteiger partial charge in [0.1, 0.15) is 5.76 Å². The molecule has 20 heavy (non-hydrogen) atoms. The Morgan fingerprint density at radius 3 is 2.45 bits per heavy atom. The molecular formula is C12H15N3O5. The monoisotopic (exact) mass is 281 g/mol. The number of aromatic nitrogens is 1. The van der Waals surface area contributed by atoms with Gasteiger partial charge in [0.2, 0.25) is 5.89 Å². The van der Waals surface area contributed by atoms with E-state index in [1.807, 2.05) is 5.32 Å². The minimum Gasteiger partial charge on any atom is -0.478 e. The van der Waals surface area contributed by atoms with E-state index in [2.05, 4.69) is 10.3 Å². The number of amides is 3. The van der Waals surface area contributed by atoms with Gasteiger partial charge in [0, 0.05) is 11.1 Å². The molecule has 0 fully saturated rings. The molecule has 0 saturated carbocycles. The summed E-state index contributed by atoms with van der Waals surface area (Å²) in [6.07, 6.45) is 1.50. The van der Waals surface area contributed by atoms with E-state index in [0.717, 1.165) is 0 Å². The van der Waals surface area contributed by atoms with Crippen molar-refractivity contribution in [1.82, 2.24) is 15.6 Å². The van der Waals surface area contributed by atoms with Gasteiger partial charge in [0.25, 0.3) is 5.91 Å². The molecule has 0 unspecified atom stereocenters. The number of oxazole rings is 1. The van der Waals surface area contributed by atoms with Crippen LogP contribution >= 0.6 is 0 Å². The average molecular weight is 281 g/mol. The quantitative estimate of drug-likeness (QED) is 0.699. The van der Waals surface area contributed by atoms with Crippen molar-refractivity contribution in [3.05, 3.63) is 29.0 Å². The largest absolute Gasteiger partial charge is 0.478 e. The van der Waals surface area contributed by atoms with Crippen LogP contribution < -0.4 is 10.6 Å². The van der Waals surface area contributed by atoms with Gasteiger partial charge in [-0.25, -0.2) is 14.6 Å². The highest BCUT2D eigenvalue weighted by molar-refractivity contribution is 6.07. The Morgan fingerprint density at radius 1 is 1.30 bits per heavy atom. The van der Waals surface area contributed by atoms with Gasteiger partial charge >= 0.3 is 12.0 Å². The summed E-state index contributed by atoms with van der Waals surface area (Å²) in [5.41, 5.74) is -0.168. The van der Waals surface area contributed by atoms with Crippen LogP contribution in [-0.4, -0.2) is 28.0 Å². The highest BCUT2D eigenvalue weighted by Crippen LogP contribution is 2.03. The second-order valence-electron chi connectivity index (χ2n) is 4.06. The molecule has 0 aliphatic heterocycles. The number of aryl methyl sites for hydroxylation is 1. The zero-order chi connectivity index (χ0) is 15.3. The summed E-state index contributed by atoms with van der Waals surface area (Å²) in [5, 5.41) is 13.1. The maximum absolute atomic E-state index is 11.6. The van der Waals surface area contributed by atoms with Crippen LogP contribution in [0.15, 0.2) is 21.8 Å². The first kappa shape index (κ1) is 15.4. The zero-order valence-corrected chi connectivity index (χ0v) is 11.3. The number of hydrogen-bond acceptors (Lipinski definition) is 5. The summed E-state index contributed by atoms with van der Waals surface area (Å²) < 4.78 is 5.13. The van der Waals surface area contributed by atoms with Crippen LogP contribution in [0.25, 0.3) is 0 Å². The summed E-state index contributed by atoms with van der Waals surface area (Å²) >= 11 is 0. The van der Waals surface area contributed by atoms with Gasteiger partial charge in [-0.1, -0.05) is 0 Å². The number of carboxylic acid groups (broad SMARTS) is 1. The third-order valence-corrected chi connectivity index (χ3v) is 2.52. The molecule has 0 atom stereocenters. The molecule has 1 aromatic rings. The Balaban J connectivity index is 2.52. The van der Waals surface area contributed by atoms with Crippen molar-refractivity contribution in [2.45, 2.75) is 27.3 Å². The molecule has 3 amide bonds. The summed E-state index contributed by atoms with van der Waals surface area (Å²) in [7, 11) is 0. The van der Waals surface area contributed by atoms with E-state index in [4.69, 9.17) is 9.52 Å². The second-order valence-corrected chi connectivity index (χ2v) is 4.06. The van der Waals surface area contributed by atoms with E-state index in [-0.39, 0.29) is 17.7 Å². The van der Waals surface area contributed by atoms with Gasteiger partial charge in [-0.05, 0) is 20.8 Å². The predicted octanol–water partition coefficient (Wildman–Crippen LogP) is 0.730. The fraction of sp³-hybridized carbons (Fsp3) is 0.333. The Labute approximate surface area is 114 Å². The molecule has 0 saturated heterocycles. The van der Waals surface area contributed by atoms with E-state index in [9.17, 15) is 14.4 Å². The molecular weight excluding hydrogens is 266 g/mol. The number of aliphatic carboxylic acids is 1. The number of carboxylic acids is 1. The summed E-state index contributed by atoms with van der Waals surface area (Å²) in [6, 6.07) is -0.761. The molecule has 1 aromatic heterocycles. The van der Waals surface area contributed by atoms with Crippen LogP contribution in [0.5, 0.6) is 0 Å². The van der Waals surface area contributed by atoms with Crippen LogP contribution in [-0.2, 0) is 16.1 Å². The number of nitrogens with one attached hydrogen (secondary N) is 2. The first-order valence-electron chi connectivity index (χ1n) is 5.72. The van der Waals surface area contributed by atoms with Gasteiger partial charge in [-0.15, -0.1) is 0 Å². The molecule has 0 aromatic carbocycles. The Bertz CT molecular complexity index is 573. The molecule has 0 aliphatic carbocycles. The van der Waals surface area contributed by atoms with Crippen LogP contribution in [0, 0.1) is 6.92 Å². The van der Waals surface area contributed by atoms with Gasteiger partial charge in [-0.3, -0.25) is 10.1 Å². The molecule has 0 aliphatic rings. The van der Waals surface area contributed by atoms with Crippen molar-refractivity contribution in [2.24, 2.45) is 0 Å². The lowest BCUT2D eigenvalue weighted by molar-refractivity contribution is -0.133. The van der Waals surface area contributed by atoms with Crippen LogP contribution in [0.1, 0.15) is 25.5 Å². The maximum atomic E-state index is 11.6. The third kappa shape index (κ3) is 4.23. The van der Waals surface area contributed by atoms with E-state index >= 15 is 0 Å². The maximum Gasteiger partial charge on any atom is 0.331 e. The average Bonchev–Trinajstić information content (AvgIpc) is 2.80. The molecule has 3 N–H and O–H groups in total. The Hall–Kier alpha value is -2.64. The molecule has 1 rings (SSSR count). The summed E-state index contributed by atoms with van der Waals surface area (Å²) in [5.74, 6) is -1.08. The molecule has 0 bridgehead atoms. The number of carbonyl (C=O) groups excluding carboxylic acids is 2. The lowest BCUT2D eigenvalue weighted by atomic mass is 10.1. The summed E-state index contributed by atoms with van der Waals surface area (Å²) in [4.78, 5) is 37.6. The number of nitrogens with zero attached hydrogens (tertiary/aromatic N) is 1. The smallest absolute Gasteiger partial charge is 0.331 e. The minimum atomic E-state index is -1.21. The van der Waals surface area contributed by atoms with Crippen molar-refractivity contribution in [3.8, 4) is 0 Å². The topological polar surface area (TPSA) is 122 Å². The Morgan fingerprint density at radius 2 is 1.95 bits per heavy atom. The van der Waals surface area contributed by atoms with Gasteiger partial charge in [0.05, 0.1) is 12.7 Å². The van der Waals surface area contributed by atoms with Gasteiger partial charge in [-0.2, -0.15) is 0 Å². The first-order valence-corrected chi connectivity index (χ1v) is 5.72. The van der Waals surface area contributed by atoms with E-state index in [0.29, 0.717) is 11.7 Å². The molecule has 8 heteroatoms. The fourth-order valence-corrected chi connectivity index (χ4v) is 1.21. The summed E-state index contributed by atoms with van der Waals surface area (Å²) in [6.45, 7) is 4.34. The van der Waals surface area contributed by atoms with E-state index < -0.39 is 17.9 Å². The van der Waals surface area contributed by atoms with Crippen LogP contribution in [0.2, 0.25) is 0 Å². The highest BCUT2D eigenvalue weighted by atomic mass is 16.4. The second kappa shape index (κ2) is 6.50. The van der Waals surface area contributed by atoms with Crippen molar-refractivity contribution >= 4 is 17.9 Å². The Kier molecular flexibility index (Phi) is 5.01. The molecule has 8 nitrogen and oxygen atoms in total. The van der Waals surface area contributed by atoms with Crippen molar-refractivity contribution in [1.29, 1.82) is 0 Å². The third-order valence-electron chi connectivity index (χ3n) is 2.52. The van der Waals surface area contributed by atoms with Gasteiger partial charge in [0.15, 0.2) is 0 Å². The minimum absolute atomic E-state index is 0.0215. The predicted molar refractivity (Wildman–Crippen MR) is 67.6 cm³/mol. The normalized spacial score (nSPS) is 11.6. The van der Waals surface area contributed by atoms with Crippen molar-refractivity contribution in [3.63, 3.8) is 0 Å². The number of carbonyl (C=O) groups is 3. The van der Waals surface area contributed by atoms with Gasteiger partial charge < -0.3 is 14.8 Å². The number of imide groups is 1. The fourth-order valence-electron chi connectivity index (χ4n) is 1.21. The zero-order valence-electron chi connectivity index (χ0n) is 11.3. The van der Waals surface area contributed by atoms with Crippen LogP contribution in [0.4, 0.5) is 4.79 Å². The SMILES string of the molecule is C/C(C(=O)O)=C(/C)C(=O)NC(=O)NCc1ncc(C)o1. The van der Waals surface area contributed by atoms with E-state index in [1.165, 1.54) is 20.0 Å².